The van der Waals surface area contributed by atoms with Crippen LogP contribution in [0.2, 0.25) is 5.02 Å². The molecule has 1 amide bonds. The van der Waals surface area contributed by atoms with Gasteiger partial charge < -0.3 is 20.9 Å². The van der Waals surface area contributed by atoms with Gasteiger partial charge in [-0.05, 0) is 83.1 Å². The molecule has 0 radical (unpaired) electrons. The van der Waals surface area contributed by atoms with Crippen LogP contribution in [0.1, 0.15) is 37.0 Å². The Kier molecular flexibility index (Phi) is 8.86. The lowest BCUT2D eigenvalue weighted by Gasteiger charge is -2.28. The first-order chi connectivity index (χ1) is 18.1. The van der Waals surface area contributed by atoms with Gasteiger partial charge in [-0.3, -0.25) is 4.79 Å². The van der Waals surface area contributed by atoms with Gasteiger partial charge >= 0.3 is 0 Å². The van der Waals surface area contributed by atoms with Crippen molar-refractivity contribution in [3.8, 4) is 0 Å². The number of nitrogens with zero attached hydrogens (tertiary/aromatic N) is 3. The summed E-state index contributed by atoms with van der Waals surface area (Å²) in [5.74, 6) is 0.855. The average Bonchev–Trinajstić information content (AvgIpc) is 2.90. The van der Waals surface area contributed by atoms with Crippen molar-refractivity contribution in [2.75, 3.05) is 37.3 Å². The number of piperidine rings is 1. The number of carbonyl (C=O) groups is 1. The van der Waals surface area contributed by atoms with Crippen LogP contribution in [-0.4, -0.2) is 61.1 Å². The normalized spacial score (nSPS) is 14.9. The van der Waals surface area contributed by atoms with Crippen LogP contribution in [0.15, 0.2) is 59.6 Å². The summed E-state index contributed by atoms with van der Waals surface area (Å²) in [6.07, 6.45) is 3.59. The summed E-state index contributed by atoms with van der Waals surface area (Å²) < 4.78 is 25.6. The van der Waals surface area contributed by atoms with Gasteiger partial charge in [-0.25, -0.2) is 13.4 Å². The van der Waals surface area contributed by atoms with Crippen LogP contribution in [0.3, 0.4) is 0 Å². The average molecular weight is 557 g/mol. The maximum absolute atomic E-state index is 12.8. The fraction of sp³-hybridized carbons (Fsp3) is 0.370. The molecule has 0 aliphatic carbocycles. The molecule has 1 aromatic heterocycles. The fourth-order valence-corrected chi connectivity index (χ4v) is 5.53. The lowest BCUT2D eigenvalue weighted by atomic mass is 9.97. The number of anilines is 4. The Balaban J connectivity index is 1.46. The quantitative estimate of drug-likeness (QED) is 0.342. The molecule has 202 valence electrons. The molecule has 1 fully saturated rings. The molecule has 1 aliphatic heterocycles. The third kappa shape index (κ3) is 6.80. The van der Waals surface area contributed by atoms with Gasteiger partial charge in [0.2, 0.25) is 5.95 Å². The number of hydrogen-bond donors (Lipinski definition) is 3. The Morgan fingerprint density at radius 3 is 2.58 bits per heavy atom. The molecule has 3 aromatic rings. The van der Waals surface area contributed by atoms with Crippen molar-refractivity contribution in [2.24, 2.45) is 5.92 Å². The Bertz CT molecular complexity index is 1390. The van der Waals surface area contributed by atoms with Crippen molar-refractivity contribution in [2.45, 2.75) is 36.8 Å². The summed E-state index contributed by atoms with van der Waals surface area (Å²) in [6.45, 7) is 6.03. The molecule has 0 unspecified atom stereocenters. The number of carbonyl (C=O) groups excluding carboxylic acids is 1. The molecule has 0 saturated carbocycles. The highest BCUT2D eigenvalue weighted by molar-refractivity contribution is 7.92. The van der Waals surface area contributed by atoms with Gasteiger partial charge in [0.1, 0.15) is 5.02 Å². The Hall–Kier alpha value is -3.21. The number of para-hydroxylation sites is 1. The SMILES string of the molecule is CC(C)S(=O)(=O)c1ccccc1Nc1nc(Nc2cccc(C(=O)NCC3CCN(C)CC3)c2)ncc1Cl. The predicted molar refractivity (Wildman–Crippen MR) is 151 cm³/mol. The van der Waals surface area contributed by atoms with Crippen LogP contribution in [0.4, 0.5) is 23.1 Å². The van der Waals surface area contributed by atoms with Crippen molar-refractivity contribution in [1.29, 1.82) is 0 Å². The molecular weight excluding hydrogens is 524 g/mol. The predicted octanol–water partition coefficient (Wildman–Crippen LogP) is 4.87. The third-order valence-corrected chi connectivity index (χ3v) is 9.07. The van der Waals surface area contributed by atoms with Gasteiger partial charge in [0.15, 0.2) is 15.7 Å². The fourth-order valence-electron chi connectivity index (χ4n) is 4.19. The number of benzene rings is 2. The number of sulfone groups is 1. The highest BCUT2D eigenvalue weighted by Crippen LogP contribution is 2.30. The number of nitrogens with one attached hydrogen (secondary N) is 3. The summed E-state index contributed by atoms with van der Waals surface area (Å²) >= 11 is 6.33. The van der Waals surface area contributed by atoms with Crippen LogP contribution in [0.25, 0.3) is 0 Å². The van der Waals surface area contributed by atoms with Crippen LogP contribution in [-0.2, 0) is 9.84 Å². The molecular formula is C27H33ClN6O3S. The summed E-state index contributed by atoms with van der Waals surface area (Å²) in [6, 6.07) is 13.7. The van der Waals surface area contributed by atoms with Crippen LogP contribution < -0.4 is 16.0 Å². The lowest BCUT2D eigenvalue weighted by molar-refractivity contribution is 0.0939. The van der Waals surface area contributed by atoms with Gasteiger partial charge in [0, 0.05) is 17.8 Å². The number of likely N-dealkylation sites (tertiary alicyclic amines) is 1. The third-order valence-electron chi connectivity index (χ3n) is 6.58. The van der Waals surface area contributed by atoms with E-state index in [1.807, 2.05) is 6.07 Å². The monoisotopic (exact) mass is 556 g/mol. The second-order valence-corrected chi connectivity index (χ2v) is 12.6. The van der Waals surface area contributed by atoms with E-state index in [1.54, 1.807) is 56.3 Å². The highest BCUT2D eigenvalue weighted by atomic mass is 35.5. The van der Waals surface area contributed by atoms with Crippen LogP contribution >= 0.6 is 11.6 Å². The lowest BCUT2D eigenvalue weighted by Crippen LogP contribution is -2.36. The minimum Gasteiger partial charge on any atom is -0.352 e. The van der Waals surface area contributed by atoms with Gasteiger partial charge in [-0.15, -0.1) is 0 Å². The maximum atomic E-state index is 12.8. The van der Waals surface area contributed by atoms with Gasteiger partial charge in [-0.2, -0.15) is 4.98 Å². The van der Waals surface area contributed by atoms with Gasteiger partial charge in [0.25, 0.3) is 5.91 Å². The van der Waals surface area contributed by atoms with Gasteiger partial charge in [-0.1, -0.05) is 29.8 Å². The second-order valence-electron chi connectivity index (χ2n) is 9.77. The Labute approximate surface area is 228 Å². The van der Waals surface area contributed by atoms with E-state index in [0.29, 0.717) is 29.4 Å². The number of aromatic nitrogens is 2. The summed E-state index contributed by atoms with van der Waals surface area (Å²) in [5.41, 5.74) is 1.53. The van der Waals surface area contributed by atoms with Crippen molar-refractivity contribution in [1.82, 2.24) is 20.2 Å². The summed E-state index contributed by atoms with van der Waals surface area (Å²) in [7, 11) is -1.41. The molecule has 0 spiro atoms. The van der Waals surface area contributed by atoms with Crippen molar-refractivity contribution in [3.63, 3.8) is 0 Å². The molecule has 11 heteroatoms. The van der Waals surface area contributed by atoms with Crippen LogP contribution in [0, 0.1) is 5.92 Å². The van der Waals surface area contributed by atoms with Crippen molar-refractivity contribution in [3.05, 3.63) is 65.3 Å². The topological polar surface area (TPSA) is 116 Å². The summed E-state index contributed by atoms with van der Waals surface area (Å²) in [4.78, 5) is 23.9. The first-order valence-corrected chi connectivity index (χ1v) is 14.5. The van der Waals surface area contributed by atoms with E-state index in [0.717, 1.165) is 25.9 Å². The molecule has 4 rings (SSSR count). The number of rotatable bonds is 9. The molecule has 1 aliphatic rings. The minimum absolute atomic E-state index is 0.130. The zero-order valence-electron chi connectivity index (χ0n) is 21.7. The second kappa shape index (κ2) is 12.1. The highest BCUT2D eigenvalue weighted by Gasteiger charge is 2.23. The molecule has 0 atom stereocenters. The number of halogens is 1. The van der Waals surface area contributed by atoms with Crippen LogP contribution in [0.5, 0.6) is 0 Å². The van der Waals surface area contributed by atoms with E-state index in [9.17, 15) is 13.2 Å². The molecule has 9 nitrogen and oxygen atoms in total. The molecule has 0 bridgehead atoms. The van der Waals surface area contributed by atoms with E-state index in [4.69, 9.17) is 11.6 Å². The first-order valence-electron chi connectivity index (χ1n) is 12.6. The van der Waals surface area contributed by atoms with Gasteiger partial charge in [0.05, 0.1) is 22.0 Å². The smallest absolute Gasteiger partial charge is 0.251 e. The molecule has 1 saturated heterocycles. The molecule has 2 aromatic carbocycles. The molecule has 38 heavy (non-hydrogen) atoms. The van der Waals surface area contributed by atoms with E-state index < -0.39 is 15.1 Å². The van der Waals surface area contributed by atoms with E-state index in [-0.39, 0.29) is 27.6 Å². The van der Waals surface area contributed by atoms with E-state index in [2.05, 4.69) is 37.9 Å². The minimum atomic E-state index is -3.53. The molecule has 2 heterocycles. The summed E-state index contributed by atoms with van der Waals surface area (Å²) in [5, 5.41) is 8.84. The first kappa shape index (κ1) is 27.8. The van der Waals surface area contributed by atoms with E-state index >= 15 is 0 Å². The number of amides is 1. The zero-order valence-corrected chi connectivity index (χ0v) is 23.3. The maximum Gasteiger partial charge on any atom is 0.251 e. The van der Waals surface area contributed by atoms with E-state index in [1.165, 1.54) is 6.20 Å². The number of hydrogen-bond acceptors (Lipinski definition) is 8. The Morgan fingerprint density at radius 2 is 1.84 bits per heavy atom. The largest absolute Gasteiger partial charge is 0.352 e. The standard InChI is InChI=1S/C27H33ClN6O3S/c1-18(2)38(36,37)24-10-5-4-9-23(24)32-25-22(28)17-30-27(33-25)31-21-8-6-7-20(15-21)26(35)29-16-19-11-13-34(3)14-12-19/h4-10,15,17-19H,11-14,16H2,1-3H3,(H,29,35)(H2,30,31,32,33). The Morgan fingerprint density at radius 1 is 1.11 bits per heavy atom. The van der Waals surface area contributed by atoms with Crippen molar-refractivity contribution >= 4 is 50.5 Å². The zero-order chi connectivity index (χ0) is 27.3. The molecule has 3 N–H and O–H groups in total. The van der Waals surface area contributed by atoms with Crippen molar-refractivity contribution < 1.29 is 13.2 Å².